The Morgan fingerprint density at radius 2 is 2.11 bits per heavy atom. The van der Waals surface area contributed by atoms with Crippen LogP contribution in [0.5, 0.6) is 11.5 Å². The third kappa shape index (κ3) is 1.78. The maximum atomic E-state index is 5.68. The first-order chi connectivity index (χ1) is 8.79. The number of hydrogen-bond donors (Lipinski definition) is 1. The molecule has 0 unspecified atom stereocenters. The van der Waals surface area contributed by atoms with Crippen LogP contribution in [0.25, 0.3) is 11.3 Å². The molecule has 0 aliphatic carbocycles. The molecule has 0 saturated carbocycles. The minimum Gasteiger partial charge on any atom is -0.486 e. The predicted molar refractivity (Wildman–Crippen MR) is 69.1 cm³/mol. The molecule has 1 aliphatic heterocycles. The number of hydrogen-bond acceptors (Lipinski definition) is 6. The molecular formula is C12H12N2O3S. The van der Waals surface area contributed by atoms with Gasteiger partial charge in [0, 0.05) is 11.6 Å². The highest BCUT2D eigenvalue weighted by Crippen LogP contribution is 2.44. The van der Waals surface area contributed by atoms with Crippen LogP contribution >= 0.6 is 11.8 Å². The molecule has 94 valence electrons. The van der Waals surface area contributed by atoms with Crippen molar-refractivity contribution in [3.05, 3.63) is 18.2 Å². The highest BCUT2D eigenvalue weighted by atomic mass is 32.2. The molecule has 2 N–H and O–H groups in total. The van der Waals surface area contributed by atoms with Crippen molar-refractivity contribution in [1.82, 2.24) is 5.16 Å². The van der Waals surface area contributed by atoms with Crippen molar-refractivity contribution < 1.29 is 14.0 Å². The topological polar surface area (TPSA) is 70.5 Å². The number of aromatic nitrogens is 1. The van der Waals surface area contributed by atoms with Gasteiger partial charge in [0.1, 0.15) is 13.2 Å². The lowest BCUT2D eigenvalue weighted by molar-refractivity contribution is 0.167. The molecular weight excluding hydrogens is 252 g/mol. The minimum atomic E-state index is 0.368. The Labute approximate surface area is 108 Å². The first kappa shape index (κ1) is 11.3. The van der Waals surface area contributed by atoms with E-state index < -0.39 is 0 Å². The van der Waals surface area contributed by atoms with Crippen molar-refractivity contribution in [2.24, 2.45) is 0 Å². The Hall–Kier alpha value is -1.82. The monoisotopic (exact) mass is 264 g/mol. The Bertz CT molecular complexity index is 583. The highest BCUT2D eigenvalue weighted by molar-refractivity contribution is 7.98. The van der Waals surface area contributed by atoms with Gasteiger partial charge in [-0.1, -0.05) is 5.16 Å². The number of nitrogens with zero attached hydrogens (tertiary/aromatic N) is 1. The van der Waals surface area contributed by atoms with Crippen molar-refractivity contribution in [3.8, 4) is 22.8 Å². The second-order valence-electron chi connectivity index (χ2n) is 3.79. The number of thioether (sulfide) groups is 1. The zero-order valence-corrected chi connectivity index (χ0v) is 10.6. The van der Waals surface area contributed by atoms with Gasteiger partial charge in [-0.05, 0) is 18.4 Å². The van der Waals surface area contributed by atoms with E-state index in [1.165, 1.54) is 0 Å². The van der Waals surface area contributed by atoms with Gasteiger partial charge in [0.25, 0.3) is 0 Å². The molecule has 0 saturated heterocycles. The second kappa shape index (κ2) is 4.45. The van der Waals surface area contributed by atoms with Gasteiger partial charge in [0.05, 0.1) is 4.90 Å². The average Bonchev–Trinajstić information content (AvgIpc) is 2.84. The van der Waals surface area contributed by atoms with Gasteiger partial charge in [0.15, 0.2) is 23.1 Å². The van der Waals surface area contributed by atoms with Crippen molar-refractivity contribution in [3.63, 3.8) is 0 Å². The van der Waals surface area contributed by atoms with Crippen LogP contribution in [0, 0.1) is 0 Å². The maximum absolute atomic E-state index is 5.68. The molecule has 2 aromatic rings. The Balaban J connectivity index is 2.15. The largest absolute Gasteiger partial charge is 0.486 e. The molecule has 2 heterocycles. The van der Waals surface area contributed by atoms with E-state index >= 15 is 0 Å². The van der Waals surface area contributed by atoms with E-state index in [1.807, 2.05) is 18.4 Å². The van der Waals surface area contributed by atoms with Crippen LogP contribution in [-0.2, 0) is 0 Å². The predicted octanol–water partition coefficient (Wildman–Crippen LogP) is 2.42. The SMILES string of the molecule is CSc1c(-c2cc(N)no2)ccc2c1OCCO2. The summed E-state index contributed by atoms with van der Waals surface area (Å²) in [6.45, 7) is 1.14. The maximum Gasteiger partial charge on any atom is 0.175 e. The van der Waals surface area contributed by atoms with Gasteiger partial charge >= 0.3 is 0 Å². The van der Waals surface area contributed by atoms with Gasteiger partial charge in [-0.15, -0.1) is 11.8 Å². The summed E-state index contributed by atoms with van der Waals surface area (Å²) in [6, 6.07) is 5.51. The summed E-state index contributed by atoms with van der Waals surface area (Å²) < 4.78 is 16.4. The van der Waals surface area contributed by atoms with Crippen molar-refractivity contribution in [2.45, 2.75) is 4.90 Å². The fourth-order valence-corrected chi connectivity index (χ4v) is 2.64. The Kier molecular flexibility index (Phi) is 2.79. The van der Waals surface area contributed by atoms with E-state index in [0.29, 0.717) is 24.8 Å². The Morgan fingerprint density at radius 1 is 1.28 bits per heavy atom. The molecule has 0 fully saturated rings. The molecule has 0 spiro atoms. The summed E-state index contributed by atoms with van der Waals surface area (Å²) in [6.07, 6.45) is 1.98. The molecule has 1 aromatic carbocycles. The first-order valence-electron chi connectivity index (χ1n) is 5.48. The summed E-state index contributed by atoms with van der Waals surface area (Å²) in [5.74, 6) is 2.53. The summed E-state index contributed by atoms with van der Waals surface area (Å²) in [4.78, 5) is 0.975. The standard InChI is InChI=1S/C12H12N2O3S/c1-18-12-7(9-6-10(13)14-17-9)2-3-8-11(12)16-5-4-15-8/h2-3,6H,4-5H2,1H3,(H2,13,14). The average molecular weight is 264 g/mol. The third-order valence-corrected chi connectivity index (χ3v) is 3.47. The molecule has 6 heteroatoms. The lowest BCUT2D eigenvalue weighted by atomic mass is 10.1. The number of nitrogens with two attached hydrogens (primary N) is 1. The fourth-order valence-electron chi connectivity index (χ4n) is 1.90. The molecule has 0 bridgehead atoms. The minimum absolute atomic E-state index is 0.368. The fraction of sp³-hybridized carbons (Fsp3) is 0.250. The quantitative estimate of drug-likeness (QED) is 0.840. The molecule has 5 nitrogen and oxygen atoms in total. The lowest BCUT2D eigenvalue weighted by Crippen LogP contribution is -2.16. The molecule has 0 atom stereocenters. The van der Waals surface area contributed by atoms with E-state index in [4.69, 9.17) is 19.7 Å². The zero-order valence-electron chi connectivity index (χ0n) is 9.80. The summed E-state index contributed by atoms with van der Waals surface area (Å²) in [7, 11) is 0. The lowest BCUT2D eigenvalue weighted by Gasteiger charge is -2.21. The van der Waals surface area contributed by atoms with Crippen molar-refractivity contribution in [2.75, 3.05) is 25.2 Å². The van der Waals surface area contributed by atoms with Gasteiger partial charge in [-0.3, -0.25) is 0 Å². The van der Waals surface area contributed by atoms with E-state index in [0.717, 1.165) is 22.0 Å². The summed E-state index contributed by atoms with van der Waals surface area (Å²) >= 11 is 1.58. The van der Waals surface area contributed by atoms with Gasteiger partial charge in [-0.25, -0.2) is 0 Å². The number of fused-ring (bicyclic) bond motifs is 1. The second-order valence-corrected chi connectivity index (χ2v) is 4.60. The van der Waals surface area contributed by atoms with Crippen LogP contribution < -0.4 is 15.2 Å². The van der Waals surface area contributed by atoms with Crippen molar-refractivity contribution >= 4 is 17.6 Å². The van der Waals surface area contributed by atoms with Crippen LogP contribution in [0.4, 0.5) is 5.82 Å². The molecule has 1 aliphatic rings. The number of anilines is 1. The first-order valence-corrected chi connectivity index (χ1v) is 6.71. The van der Waals surface area contributed by atoms with E-state index in [9.17, 15) is 0 Å². The Morgan fingerprint density at radius 3 is 2.83 bits per heavy atom. The van der Waals surface area contributed by atoms with E-state index in [2.05, 4.69) is 5.16 Å². The molecule has 0 radical (unpaired) electrons. The van der Waals surface area contributed by atoms with Crippen LogP contribution in [0.1, 0.15) is 0 Å². The smallest absolute Gasteiger partial charge is 0.175 e. The van der Waals surface area contributed by atoms with E-state index in [-0.39, 0.29) is 0 Å². The third-order valence-electron chi connectivity index (χ3n) is 2.66. The van der Waals surface area contributed by atoms with Crippen LogP contribution in [0.3, 0.4) is 0 Å². The van der Waals surface area contributed by atoms with Gasteiger partial charge in [0.2, 0.25) is 0 Å². The van der Waals surface area contributed by atoms with Crippen molar-refractivity contribution in [1.29, 1.82) is 0 Å². The van der Waals surface area contributed by atoms with Gasteiger partial charge < -0.3 is 19.7 Å². The number of rotatable bonds is 2. The molecule has 3 rings (SSSR count). The van der Waals surface area contributed by atoms with E-state index in [1.54, 1.807) is 17.8 Å². The number of ether oxygens (including phenoxy) is 2. The molecule has 1 aromatic heterocycles. The number of nitrogen functional groups attached to an aromatic ring is 1. The summed E-state index contributed by atoms with van der Waals surface area (Å²) in [5, 5.41) is 3.70. The van der Waals surface area contributed by atoms with Crippen LogP contribution in [-0.4, -0.2) is 24.6 Å². The zero-order chi connectivity index (χ0) is 12.5. The molecule has 0 amide bonds. The highest BCUT2D eigenvalue weighted by Gasteiger charge is 2.21. The molecule has 18 heavy (non-hydrogen) atoms. The normalized spacial score (nSPS) is 13.6. The van der Waals surface area contributed by atoms with Crippen LogP contribution in [0.15, 0.2) is 27.6 Å². The summed E-state index contributed by atoms with van der Waals surface area (Å²) in [5.41, 5.74) is 6.49. The van der Waals surface area contributed by atoms with Crippen LogP contribution in [0.2, 0.25) is 0 Å². The number of benzene rings is 1. The van der Waals surface area contributed by atoms with Gasteiger partial charge in [-0.2, -0.15) is 0 Å².